The highest BCUT2D eigenvalue weighted by atomic mass is 16.5. The highest BCUT2D eigenvalue weighted by Gasteiger charge is 2.20. The second-order valence-electron chi connectivity index (χ2n) is 3.54. The number of hydrogen-bond donors (Lipinski definition) is 3. The second-order valence-corrected chi connectivity index (χ2v) is 3.54. The smallest absolute Gasteiger partial charge is 0.250 e. The molecule has 1 aromatic rings. The number of nitrogens with one attached hydrogen (secondary N) is 3. The lowest BCUT2D eigenvalue weighted by Gasteiger charge is -2.22. The highest BCUT2D eigenvalue weighted by Crippen LogP contribution is 1.95. The summed E-state index contributed by atoms with van der Waals surface area (Å²) < 4.78 is 5.32. The zero-order valence-corrected chi connectivity index (χ0v) is 8.90. The monoisotopic (exact) mass is 225 g/mol. The lowest BCUT2D eigenvalue weighted by atomic mass is 10.3. The molecule has 1 atom stereocenters. The zero-order valence-electron chi connectivity index (χ0n) is 8.90. The zero-order chi connectivity index (χ0) is 11.2. The molecule has 0 spiro atoms. The van der Waals surface area contributed by atoms with Gasteiger partial charge in [-0.1, -0.05) is 0 Å². The van der Waals surface area contributed by atoms with Gasteiger partial charge in [-0.3, -0.25) is 9.89 Å². The van der Waals surface area contributed by atoms with Crippen LogP contribution in [0.3, 0.4) is 0 Å². The van der Waals surface area contributed by atoms with Crippen molar-refractivity contribution in [1.82, 2.24) is 25.8 Å². The Bertz CT molecular complexity index is 321. The molecule has 7 heteroatoms. The van der Waals surface area contributed by atoms with E-state index in [2.05, 4.69) is 25.8 Å². The summed E-state index contributed by atoms with van der Waals surface area (Å²) in [6.07, 6.45) is 1.72. The molecule has 0 aliphatic carbocycles. The van der Waals surface area contributed by atoms with Crippen LogP contribution in [-0.4, -0.2) is 53.4 Å². The first-order valence-electron chi connectivity index (χ1n) is 5.30. The van der Waals surface area contributed by atoms with Gasteiger partial charge in [-0.05, 0) is 0 Å². The van der Waals surface area contributed by atoms with Gasteiger partial charge >= 0.3 is 0 Å². The maximum atomic E-state index is 11.6. The van der Waals surface area contributed by atoms with E-state index in [1.54, 1.807) is 0 Å². The van der Waals surface area contributed by atoms with Crippen LogP contribution < -0.4 is 10.6 Å². The van der Waals surface area contributed by atoms with E-state index >= 15 is 0 Å². The number of H-pyrrole nitrogens is 1. The third-order valence-electron chi connectivity index (χ3n) is 2.35. The van der Waals surface area contributed by atoms with Crippen molar-refractivity contribution in [2.45, 2.75) is 12.5 Å². The first-order chi connectivity index (χ1) is 7.86. The van der Waals surface area contributed by atoms with E-state index in [0.717, 1.165) is 12.4 Å². The number of aromatic amines is 1. The molecule has 1 amide bonds. The van der Waals surface area contributed by atoms with Crippen molar-refractivity contribution in [3.63, 3.8) is 0 Å². The highest BCUT2D eigenvalue weighted by molar-refractivity contribution is 5.81. The predicted octanol–water partition coefficient (Wildman–Crippen LogP) is -1.55. The fourth-order valence-corrected chi connectivity index (χ4v) is 1.50. The Morgan fingerprint density at radius 3 is 3.31 bits per heavy atom. The average molecular weight is 225 g/mol. The standard InChI is InChI=1S/C9H15N5O2/c15-9(7-5-10-3-4-16-7)11-2-1-8-12-6-13-14-8/h6-7,10H,1-5H2,(H,11,15)(H,12,13,14). The van der Waals surface area contributed by atoms with E-state index < -0.39 is 0 Å². The summed E-state index contributed by atoms with van der Waals surface area (Å²) in [6, 6.07) is 0. The van der Waals surface area contributed by atoms with E-state index in [1.807, 2.05) is 0 Å². The van der Waals surface area contributed by atoms with Crippen LogP contribution in [0.2, 0.25) is 0 Å². The summed E-state index contributed by atoms with van der Waals surface area (Å²) in [7, 11) is 0. The minimum absolute atomic E-state index is 0.0771. The molecule has 0 radical (unpaired) electrons. The largest absolute Gasteiger partial charge is 0.366 e. The van der Waals surface area contributed by atoms with Crippen LogP contribution in [0.1, 0.15) is 5.82 Å². The first kappa shape index (κ1) is 11.0. The summed E-state index contributed by atoms with van der Waals surface area (Å²) in [5.74, 6) is 0.690. The molecule has 1 fully saturated rings. The summed E-state index contributed by atoms with van der Waals surface area (Å²) in [4.78, 5) is 15.6. The van der Waals surface area contributed by atoms with Crippen molar-refractivity contribution in [1.29, 1.82) is 0 Å². The molecular weight excluding hydrogens is 210 g/mol. The Labute approximate surface area is 93.0 Å². The molecule has 1 aliphatic heterocycles. The number of hydrogen-bond acceptors (Lipinski definition) is 5. The predicted molar refractivity (Wildman–Crippen MR) is 55.7 cm³/mol. The quantitative estimate of drug-likeness (QED) is 0.577. The number of rotatable bonds is 4. The van der Waals surface area contributed by atoms with E-state index in [4.69, 9.17) is 4.74 Å². The molecule has 1 aliphatic rings. The number of carbonyl (C=O) groups is 1. The van der Waals surface area contributed by atoms with Gasteiger partial charge in [-0.15, -0.1) is 0 Å². The molecule has 0 bridgehead atoms. The lowest BCUT2D eigenvalue weighted by Crippen LogP contribution is -2.48. The normalized spacial score (nSPS) is 20.6. The van der Waals surface area contributed by atoms with Crippen molar-refractivity contribution in [2.24, 2.45) is 0 Å². The molecule has 0 aromatic carbocycles. The number of morpholine rings is 1. The fourth-order valence-electron chi connectivity index (χ4n) is 1.50. The molecule has 1 unspecified atom stereocenters. The van der Waals surface area contributed by atoms with Gasteiger partial charge in [0.1, 0.15) is 18.3 Å². The Balaban J connectivity index is 1.67. The van der Waals surface area contributed by atoms with Crippen molar-refractivity contribution in [2.75, 3.05) is 26.2 Å². The third-order valence-corrected chi connectivity index (χ3v) is 2.35. The average Bonchev–Trinajstić information content (AvgIpc) is 2.83. The summed E-state index contributed by atoms with van der Waals surface area (Å²) in [5, 5.41) is 12.4. The minimum Gasteiger partial charge on any atom is -0.366 e. The van der Waals surface area contributed by atoms with Crippen LogP contribution in [0.25, 0.3) is 0 Å². The van der Waals surface area contributed by atoms with Gasteiger partial charge in [0, 0.05) is 26.1 Å². The van der Waals surface area contributed by atoms with Crippen LogP contribution in [0.15, 0.2) is 6.33 Å². The third kappa shape index (κ3) is 3.01. The number of amides is 1. The summed E-state index contributed by atoms with van der Waals surface area (Å²) in [5.41, 5.74) is 0. The molecule has 3 N–H and O–H groups in total. The molecule has 16 heavy (non-hydrogen) atoms. The Morgan fingerprint density at radius 2 is 2.62 bits per heavy atom. The van der Waals surface area contributed by atoms with Crippen LogP contribution in [0.5, 0.6) is 0 Å². The lowest BCUT2D eigenvalue weighted by molar-refractivity contribution is -0.134. The summed E-state index contributed by atoms with van der Waals surface area (Å²) in [6.45, 7) is 2.50. The van der Waals surface area contributed by atoms with Crippen molar-refractivity contribution < 1.29 is 9.53 Å². The first-order valence-corrected chi connectivity index (χ1v) is 5.30. The van der Waals surface area contributed by atoms with Crippen molar-refractivity contribution in [3.05, 3.63) is 12.2 Å². The number of carbonyl (C=O) groups excluding carboxylic acids is 1. The van der Waals surface area contributed by atoms with Gasteiger partial charge in [-0.25, -0.2) is 4.98 Å². The van der Waals surface area contributed by atoms with Gasteiger partial charge < -0.3 is 15.4 Å². The van der Waals surface area contributed by atoms with Crippen molar-refractivity contribution >= 4 is 5.91 Å². The fraction of sp³-hybridized carbons (Fsp3) is 0.667. The molecule has 1 aromatic heterocycles. The van der Waals surface area contributed by atoms with E-state index in [9.17, 15) is 4.79 Å². The van der Waals surface area contributed by atoms with Crippen LogP contribution in [0.4, 0.5) is 0 Å². The van der Waals surface area contributed by atoms with E-state index in [-0.39, 0.29) is 12.0 Å². The number of aromatic nitrogens is 3. The SMILES string of the molecule is O=C(NCCc1ncn[nH]1)C1CNCCO1. The van der Waals surface area contributed by atoms with E-state index in [0.29, 0.717) is 26.1 Å². The van der Waals surface area contributed by atoms with Crippen LogP contribution in [0, 0.1) is 0 Å². The maximum absolute atomic E-state index is 11.6. The topological polar surface area (TPSA) is 91.9 Å². The molecule has 0 saturated carbocycles. The van der Waals surface area contributed by atoms with Gasteiger partial charge in [0.15, 0.2) is 0 Å². The second kappa shape index (κ2) is 5.57. The number of nitrogens with zero attached hydrogens (tertiary/aromatic N) is 2. The minimum atomic E-state index is -0.372. The molecule has 1 saturated heterocycles. The number of ether oxygens (including phenoxy) is 1. The van der Waals surface area contributed by atoms with E-state index in [1.165, 1.54) is 6.33 Å². The van der Waals surface area contributed by atoms with Crippen molar-refractivity contribution in [3.8, 4) is 0 Å². The van der Waals surface area contributed by atoms with Crippen LogP contribution >= 0.6 is 0 Å². The Hall–Kier alpha value is -1.47. The van der Waals surface area contributed by atoms with Crippen LogP contribution in [-0.2, 0) is 16.0 Å². The Morgan fingerprint density at radius 1 is 1.69 bits per heavy atom. The maximum Gasteiger partial charge on any atom is 0.250 e. The molecule has 88 valence electrons. The molecule has 2 rings (SSSR count). The molecule has 2 heterocycles. The van der Waals surface area contributed by atoms with Gasteiger partial charge in [0.05, 0.1) is 6.61 Å². The molecular formula is C9H15N5O2. The Kier molecular flexibility index (Phi) is 3.84. The van der Waals surface area contributed by atoms with Gasteiger partial charge in [-0.2, -0.15) is 5.10 Å². The molecule has 7 nitrogen and oxygen atoms in total. The van der Waals surface area contributed by atoms with Gasteiger partial charge in [0.25, 0.3) is 0 Å². The van der Waals surface area contributed by atoms with Gasteiger partial charge in [0.2, 0.25) is 5.91 Å². The summed E-state index contributed by atoms with van der Waals surface area (Å²) >= 11 is 0.